The molecule has 7 heteroatoms. The van der Waals surface area contributed by atoms with Crippen LogP contribution in [0.4, 0.5) is 0 Å². The molecule has 1 aliphatic heterocycles. The SMILES string of the molecule is O=C(O)COCCCCN1C(=O)CC[C@@H]1CC[C@H](O)Cc1cccc(Cl)c1. The van der Waals surface area contributed by atoms with Gasteiger partial charge in [0.25, 0.3) is 0 Å². The van der Waals surface area contributed by atoms with Crippen molar-refractivity contribution in [3.05, 3.63) is 34.9 Å². The number of carbonyl (C=O) groups excluding carboxylic acids is 1. The molecule has 1 heterocycles. The largest absolute Gasteiger partial charge is 0.480 e. The fourth-order valence-corrected chi connectivity index (χ4v) is 3.68. The zero-order valence-corrected chi connectivity index (χ0v) is 16.2. The standard InChI is InChI=1S/C20H28ClNO5/c21-16-5-3-4-15(12-16)13-18(23)8-6-17-7-9-19(24)22(17)10-1-2-11-27-14-20(25)26/h3-5,12,17-18,23H,1-2,6-11,13-14H2,(H,25,26)/t17-,18-/m0/s1. The van der Waals surface area contributed by atoms with Crippen LogP contribution in [-0.2, 0) is 20.7 Å². The number of likely N-dealkylation sites (tertiary alicyclic amines) is 1. The minimum atomic E-state index is -0.971. The summed E-state index contributed by atoms with van der Waals surface area (Å²) < 4.78 is 5.01. The van der Waals surface area contributed by atoms with E-state index in [9.17, 15) is 14.7 Å². The number of unbranched alkanes of at least 4 members (excludes halogenated alkanes) is 1. The Hall–Kier alpha value is -1.63. The highest BCUT2D eigenvalue weighted by Gasteiger charge is 2.30. The lowest BCUT2D eigenvalue weighted by molar-refractivity contribution is -0.142. The van der Waals surface area contributed by atoms with Gasteiger partial charge in [0.2, 0.25) is 5.91 Å². The molecule has 1 aromatic rings. The van der Waals surface area contributed by atoms with Gasteiger partial charge in [0, 0.05) is 30.6 Å². The third-order valence-electron chi connectivity index (χ3n) is 4.81. The molecule has 150 valence electrons. The summed E-state index contributed by atoms with van der Waals surface area (Å²) >= 11 is 5.98. The van der Waals surface area contributed by atoms with Crippen LogP contribution < -0.4 is 0 Å². The van der Waals surface area contributed by atoms with Gasteiger partial charge >= 0.3 is 5.97 Å². The Morgan fingerprint density at radius 1 is 1.37 bits per heavy atom. The van der Waals surface area contributed by atoms with E-state index in [-0.39, 0.29) is 18.6 Å². The number of hydrogen-bond acceptors (Lipinski definition) is 4. The van der Waals surface area contributed by atoms with Crippen LogP contribution in [0.1, 0.15) is 44.1 Å². The van der Waals surface area contributed by atoms with E-state index in [4.69, 9.17) is 21.4 Å². The third-order valence-corrected chi connectivity index (χ3v) is 5.04. The van der Waals surface area contributed by atoms with Gasteiger partial charge < -0.3 is 19.8 Å². The van der Waals surface area contributed by atoms with Crippen molar-refractivity contribution in [3.8, 4) is 0 Å². The Labute approximate surface area is 165 Å². The summed E-state index contributed by atoms with van der Waals surface area (Å²) in [6.07, 6.45) is 4.43. The Kier molecular flexibility index (Phi) is 9.04. The maximum atomic E-state index is 12.1. The molecule has 0 spiro atoms. The van der Waals surface area contributed by atoms with Crippen molar-refractivity contribution >= 4 is 23.5 Å². The van der Waals surface area contributed by atoms with Crippen molar-refractivity contribution in [2.75, 3.05) is 19.8 Å². The molecule has 1 amide bonds. The topological polar surface area (TPSA) is 87.1 Å². The van der Waals surface area contributed by atoms with Gasteiger partial charge in [0.15, 0.2) is 0 Å². The minimum absolute atomic E-state index is 0.163. The van der Waals surface area contributed by atoms with E-state index in [1.807, 2.05) is 29.2 Å². The predicted molar refractivity (Wildman–Crippen MR) is 103 cm³/mol. The number of ether oxygens (including phenoxy) is 1. The molecule has 1 aromatic carbocycles. The first-order valence-corrected chi connectivity index (χ1v) is 9.85. The highest BCUT2D eigenvalue weighted by atomic mass is 35.5. The summed E-state index contributed by atoms with van der Waals surface area (Å²) in [5, 5.41) is 19.5. The van der Waals surface area contributed by atoms with Gasteiger partial charge in [-0.15, -0.1) is 0 Å². The van der Waals surface area contributed by atoms with E-state index in [2.05, 4.69) is 0 Å². The second kappa shape index (κ2) is 11.3. The number of carboxylic acids is 1. The fraction of sp³-hybridized carbons (Fsp3) is 0.600. The van der Waals surface area contributed by atoms with Crippen molar-refractivity contribution in [2.45, 2.75) is 57.1 Å². The second-order valence-electron chi connectivity index (χ2n) is 7.00. The Balaban J connectivity index is 1.69. The molecule has 0 saturated carbocycles. The molecule has 1 saturated heterocycles. The summed E-state index contributed by atoms with van der Waals surface area (Å²) in [5.41, 5.74) is 1.01. The van der Waals surface area contributed by atoms with Crippen molar-refractivity contribution < 1.29 is 24.5 Å². The van der Waals surface area contributed by atoms with Gasteiger partial charge in [0.05, 0.1) is 6.10 Å². The van der Waals surface area contributed by atoms with Crippen LogP contribution in [0.15, 0.2) is 24.3 Å². The van der Waals surface area contributed by atoms with E-state index >= 15 is 0 Å². The van der Waals surface area contributed by atoms with Crippen LogP contribution in [0.3, 0.4) is 0 Å². The fourth-order valence-electron chi connectivity index (χ4n) is 3.47. The van der Waals surface area contributed by atoms with Crippen LogP contribution in [0.2, 0.25) is 5.02 Å². The van der Waals surface area contributed by atoms with Crippen molar-refractivity contribution in [3.63, 3.8) is 0 Å². The molecule has 0 aliphatic carbocycles. The smallest absolute Gasteiger partial charge is 0.329 e. The molecule has 27 heavy (non-hydrogen) atoms. The first-order chi connectivity index (χ1) is 13.0. The number of aliphatic carboxylic acids is 1. The van der Waals surface area contributed by atoms with Crippen molar-refractivity contribution in [2.24, 2.45) is 0 Å². The molecule has 1 aliphatic rings. The Bertz CT molecular complexity index is 624. The second-order valence-corrected chi connectivity index (χ2v) is 7.43. The maximum absolute atomic E-state index is 12.1. The van der Waals surface area contributed by atoms with Gasteiger partial charge in [-0.05, 0) is 56.2 Å². The number of aliphatic hydroxyl groups excluding tert-OH is 1. The molecular formula is C20H28ClNO5. The van der Waals surface area contributed by atoms with Gasteiger partial charge in [-0.25, -0.2) is 4.79 Å². The van der Waals surface area contributed by atoms with Crippen LogP contribution in [0.25, 0.3) is 0 Å². The number of carboxylic acid groups (broad SMARTS) is 1. The van der Waals surface area contributed by atoms with Crippen molar-refractivity contribution in [1.82, 2.24) is 4.90 Å². The molecular weight excluding hydrogens is 370 g/mol. The number of benzene rings is 1. The van der Waals surface area contributed by atoms with Gasteiger partial charge in [-0.2, -0.15) is 0 Å². The molecule has 0 radical (unpaired) electrons. The first kappa shape index (κ1) is 21.7. The van der Waals surface area contributed by atoms with Crippen molar-refractivity contribution in [1.29, 1.82) is 0 Å². The normalized spacial score (nSPS) is 18.1. The minimum Gasteiger partial charge on any atom is -0.480 e. The summed E-state index contributed by atoms with van der Waals surface area (Å²) in [5.74, 6) is -0.808. The maximum Gasteiger partial charge on any atom is 0.329 e. The monoisotopic (exact) mass is 397 g/mol. The highest BCUT2D eigenvalue weighted by Crippen LogP contribution is 2.24. The third kappa shape index (κ3) is 7.87. The van der Waals surface area contributed by atoms with E-state index in [1.165, 1.54) is 0 Å². The lowest BCUT2D eigenvalue weighted by Crippen LogP contribution is -2.34. The number of amides is 1. The first-order valence-electron chi connectivity index (χ1n) is 9.47. The van der Waals surface area contributed by atoms with E-state index < -0.39 is 12.1 Å². The number of halogens is 1. The molecule has 2 rings (SSSR count). The number of aliphatic hydroxyl groups is 1. The quantitative estimate of drug-likeness (QED) is 0.529. The van der Waals surface area contributed by atoms with Crippen LogP contribution >= 0.6 is 11.6 Å². The molecule has 1 fully saturated rings. The summed E-state index contributed by atoms with van der Waals surface area (Å²) in [7, 11) is 0. The average molecular weight is 398 g/mol. The zero-order chi connectivity index (χ0) is 19.6. The number of rotatable bonds is 12. The Morgan fingerprint density at radius 3 is 2.93 bits per heavy atom. The predicted octanol–water partition coefficient (Wildman–Crippen LogP) is 2.90. The van der Waals surface area contributed by atoms with Crippen LogP contribution in [0.5, 0.6) is 0 Å². The molecule has 6 nitrogen and oxygen atoms in total. The molecule has 2 N–H and O–H groups in total. The summed E-state index contributed by atoms with van der Waals surface area (Å²) in [6, 6.07) is 7.68. The van der Waals surface area contributed by atoms with Crippen LogP contribution in [-0.4, -0.2) is 58.9 Å². The zero-order valence-electron chi connectivity index (χ0n) is 15.5. The molecule has 0 aromatic heterocycles. The summed E-state index contributed by atoms with van der Waals surface area (Å²) in [6.45, 7) is 0.761. The summed E-state index contributed by atoms with van der Waals surface area (Å²) in [4.78, 5) is 24.4. The Morgan fingerprint density at radius 2 is 2.19 bits per heavy atom. The van der Waals surface area contributed by atoms with Gasteiger partial charge in [0.1, 0.15) is 6.61 Å². The molecule has 2 atom stereocenters. The molecule has 0 bridgehead atoms. The number of carbonyl (C=O) groups is 2. The lowest BCUT2D eigenvalue weighted by atomic mass is 10.0. The molecule has 0 unspecified atom stereocenters. The van der Waals surface area contributed by atoms with Crippen LogP contribution in [0, 0.1) is 0 Å². The van der Waals surface area contributed by atoms with Gasteiger partial charge in [-0.1, -0.05) is 23.7 Å². The number of hydrogen-bond donors (Lipinski definition) is 2. The number of nitrogens with zero attached hydrogens (tertiary/aromatic N) is 1. The van der Waals surface area contributed by atoms with E-state index in [0.29, 0.717) is 37.4 Å². The van der Waals surface area contributed by atoms with E-state index in [1.54, 1.807) is 0 Å². The van der Waals surface area contributed by atoms with Gasteiger partial charge in [-0.3, -0.25) is 4.79 Å². The highest BCUT2D eigenvalue weighted by molar-refractivity contribution is 6.30. The average Bonchev–Trinajstić information content (AvgIpc) is 2.96. The van der Waals surface area contributed by atoms with E-state index in [0.717, 1.165) is 31.2 Å². The lowest BCUT2D eigenvalue weighted by Gasteiger charge is -2.25.